The molecule has 1 aliphatic heterocycles. The molecule has 0 aromatic heterocycles. The number of rotatable bonds is 11. The van der Waals surface area contributed by atoms with E-state index >= 15 is 0 Å². The zero-order valence-electron chi connectivity index (χ0n) is 19.7. The Morgan fingerprint density at radius 2 is 1.83 bits per heavy atom. The molecule has 2 aromatic carbocycles. The molecular weight excluding hydrogens is 462 g/mol. The third-order valence-corrected chi connectivity index (χ3v) is 5.08. The molecule has 12 nitrogen and oxygen atoms in total. The van der Waals surface area contributed by atoms with Gasteiger partial charge in [0.15, 0.2) is 23.0 Å². The first-order chi connectivity index (χ1) is 16.9. The first kappa shape index (κ1) is 25.6. The van der Waals surface area contributed by atoms with E-state index in [4.69, 9.17) is 23.7 Å². The number of hydrogen-bond acceptors (Lipinski definition) is 9. The van der Waals surface area contributed by atoms with Crippen molar-refractivity contribution in [2.45, 2.75) is 6.92 Å². The van der Waals surface area contributed by atoms with Gasteiger partial charge >= 0.3 is 0 Å². The van der Waals surface area contributed by atoms with Crippen molar-refractivity contribution in [2.24, 2.45) is 0 Å². The molecule has 1 aliphatic rings. The second kappa shape index (κ2) is 11.9. The highest BCUT2D eigenvalue weighted by molar-refractivity contribution is 6.02. The maximum Gasteiger partial charge on any atom is 0.286 e. The molecule has 0 atom stereocenters. The Balaban J connectivity index is 1.77. The van der Waals surface area contributed by atoms with E-state index in [-0.39, 0.29) is 43.4 Å². The summed E-state index contributed by atoms with van der Waals surface area (Å²) in [6, 6.07) is 7.33. The summed E-state index contributed by atoms with van der Waals surface area (Å²) in [7, 11) is 2.85. The summed E-state index contributed by atoms with van der Waals surface area (Å²) in [6.07, 6.45) is 0. The SMILES string of the molecule is CCN(CC(=O)Nc1ccc2c(c1)OCCO2)C(=O)c1cc(OC)c(OCCOC)cc1[N+](=O)[O-]. The fraction of sp³-hybridized carbons (Fsp3) is 0.391. The fourth-order valence-corrected chi connectivity index (χ4v) is 3.37. The van der Waals surface area contributed by atoms with Crippen molar-refractivity contribution in [2.75, 3.05) is 59.1 Å². The molecule has 0 aliphatic carbocycles. The second-order valence-electron chi connectivity index (χ2n) is 7.34. The van der Waals surface area contributed by atoms with E-state index in [2.05, 4.69) is 5.32 Å². The van der Waals surface area contributed by atoms with E-state index in [1.54, 1.807) is 25.1 Å². The lowest BCUT2D eigenvalue weighted by Crippen LogP contribution is -2.38. The number of benzene rings is 2. The number of nitro benzene ring substituents is 1. The van der Waals surface area contributed by atoms with Gasteiger partial charge in [-0.05, 0) is 19.1 Å². The van der Waals surface area contributed by atoms with Crippen molar-refractivity contribution < 1.29 is 38.2 Å². The average molecular weight is 489 g/mol. The molecule has 0 spiro atoms. The van der Waals surface area contributed by atoms with E-state index in [9.17, 15) is 19.7 Å². The minimum Gasteiger partial charge on any atom is -0.493 e. The Hall–Kier alpha value is -4.06. The molecule has 12 heteroatoms. The van der Waals surface area contributed by atoms with Crippen molar-refractivity contribution in [3.63, 3.8) is 0 Å². The van der Waals surface area contributed by atoms with Gasteiger partial charge in [0.2, 0.25) is 5.91 Å². The number of nitro groups is 1. The molecule has 0 radical (unpaired) electrons. The van der Waals surface area contributed by atoms with Gasteiger partial charge in [0, 0.05) is 31.5 Å². The van der Waals surface area contributed by atoms with Gasteiger partial charge in [0.05, 0.1) is 24.7 Å². The van der Waals surface area contributed by atoms with Crippen LogP contribution in [0.3, 0.4) is 0 Å². The highest BCUT2D eigenvalue weighted by Crippen LogP contribution is 2.36. The lowest BCUT2D eigenvalue weighted by atomic mass is 10.1. The third-order valence-electron chi connectivity index (χ3n) is 5.08. The van der Waals surface area contributed by atoms with E-state index in [0.29, 0.717) is 30.4 Å². The van der Waals surface area contributed by atoms with Gasteiger partial charge in [-0.3, -0.25) is 19.7 Å². The van der Waals surface area contributed by atoms with E-state index in [1.807, 2.05) is 0 Å². The van der Waals surface area contributed by atoms with Gasteiger partial charge in [-0.1, -0.05) is 0 Å². The summed E-state index contributed by atoms with van der Waals surface area (Å²) in [5.41, 5.74) is -0.221. The van der Waals surface area contributed by atoms with Crippen LogP contribution in [0.25, 0.3) is 0 Å². The summed E-state index contributed by atoms with van der Waals surface area (Å²) in [4.78, 5) is 38.1. The summed E-state index contributed by atoms with van der Waals surface area (Å²) < 4.78 is 26.6. The Bertz CT molecular complexity index is 1090. The minimum atomic E-state index is -0.696. The standard InChI is InChI=1S/C23H27N3O9/c1-4-25(14-22(27)24-15-5-6-18-20(11-15)35-10-9-33-18)23(28)16-12-19(32-3)21(34-8-7-31-2)13-17(16)26(29)30/h5-6,11-13H,4,7-10,14H2,1-3H3,(H,24,27). The van der Waals surface area contributed by atoms with Crippen molar-refractivity contribution in [3.8, 4) is 23.0 Å². The smallest absolute Gasteiger partial charge is 0.286 e. The van der Waals surface area contributed by atoms with Crippen LogP contribution in [-0.2, 0) is 9.53 Å². The quantitative estimate of drug-likeness (QED) is 0.286. The number of nitrogens with zero attached hydrogens (tertiary/aromatic N) is 2. The maximum absolute atomic E-state index is 13.2. The lowest BCUT2D eigenvalue weighted by molar-refractivity contribution is -0.385. The van der Waals surface area contributed by atoms with Gasteiger partial charge in [-0.2, -0.15) is 0 Å². The number of nitrogens with one attached hydrogen (secondary N) is 1. The zero-order chi connectivity index (χ0) is 25.4. The van der Waals surface area contributed by atoms with Crippen LogP contribution >= 0.6 is 0 Å². The topological polar surface area (TPSA) is 139 Å². The Morgan fingerprint density at radius 3 is 2.49 bits per heavy atom. The Morgan fingerprint density at radius 1 is 1.09 bits per heavy atom. The fourth-order valence-electron chi connectivity index (χ4n) is 3.37. The number of fused-ring (bicyclic) bond motifs is 1. The molecule has 0 unspecified atom stereocenters. The van der Waals surface area contributed by atoms with Gasteiger partial charge in [0.25, 0.3) is 11.6 Å². The number of carbonyl (C=O) groups is 2. The van der Waals surface area contributed by atoms with Crippen LogP contribution in [0.15, 0.2) is 30.3 Å². The second-order valence-corrected chi connectivity index (χ2v) is 7.34. The lowest BCUT2D eigenvalue weighted by Gasteiger charge is -2.22. The monoisotopic (exact) mass is 489 g/mol. The summed E-state index contributed by atoms with van der Waals surface area (Å²) in [5, 5.41) is 14.4. The number of anilines is 1. The highest BCUT2D eigenvalue weighted by Gasteiger charge is 2.28. The maximum atomic E-state index is 13.2. The van der Waals surface area contributed by atoms with Crippen LogP contribution in [0, 0.1) is 10.1 Å². The van der Waals surface area contributed by atoms with Crippen molar-refractivity contribution >= 4 is 23.2 Å². The number of likely N-dealkylation sites (N-methyl/N-ethyl adjacent to an activating group) is 1. The van der Waals surface area contributed by atoms with Crippen LogP contribution in [0.1, 0.15) is 17.3 Å². The third kappa shape index (κ3) is 6.29. The molecule has 0 fully saturated rings. The number of carbonyl (C=O) groups excluding carboxylic acids is 2. The van der Waals surface area contributed by atoms with Gasteiger partial charge < -0.3 is 33.9 Å². The summed E-state index contributed by atoms with van der Waals surface area (Å²) in [5.74, 6) is 0.159. The van der Waals surface area contributed by atoms with Crippen LogP contribution in [-0.4, -0.2) is 75.4 Å². The molecule has 35 heavy (non-hydrogen) atoms. The van der Waals surface area contributed by atoms with Crippen LogP contribution in [0.4, 0.5) is 11.4 Å². The molecule has 1 heterocycles. The first-order valence-corrected chi connectivity index (χ1v) is 10.8. The van der Waals surface area contributed by atoms with Crippen molar-refractivity contribution in [1.82, 2.24) is 4.90 Å². The van der Waals surface area contributed by atoms with Gasteiger partial charge in [0.1, 0.15) is 31.9 Å². The normalized spacial score (nSPS) is 12.0. The minimum absolute atomic E-state index is 0.104. The van der Waals surface area contributed by atoms with Crippen LogP contribution in [0.5, 0.6) is 23.0 Å². The molecule has 2 amide bonds. The van der Waals surface area contributed by atoms with Crippen molar-refractivity contribution in [3.05, 3.63) is 46.0 Å². The molecular formula is C23H27N3O9. The van der Waals surface area contributed by atoms with Gasteiger partial charge in [-0.15, -0.1) is 0 Å². The molecule has 0 bridgehead atoms. The number of hydrogen-bond donors (Lipinski definition) is 1. The predicted molar refractivity (Wildman–Crippen MR) is 125 cm³/mol. The van der Waals surface area contributed by atoms with E-state index < -0.39 is 22.4 Å². The summed E-state index contributed by atoms with van der Waals surface area (Å²) in [6.45, 7) is 2.73. The average Bonchev–Trinajstić information content (AvgIpc) is 2.86. The first-order valence-electron chi connectivity index (χ1n) is 10.8. The van der Waals surface area contributed by atoms with Crippen molar-refractivity contribution in [1.29, 1.82) is 0 Å². The largest absolute Gasteiger partial charge is 0.493 e. The van der Waals surface area contributed by atoms with Crippen LogP contribution < -0.4 is 24.3 Å². The number of amides is 2. The van der Waals surface area contributed by atoms with E-state index in [1.165, 1.54) is 25.2 Å². The molecule has 1 N–H and O–H groups in total. The molecule has 3 rings (SSSR count). The summed E-state index contributed by atoms with van der Waals surface area (Å²) >= 11 is 0. The van der Waals surface area contributed by atoms with E-state index in [0.717, 1.165) is 6.07 Å². The predicted octanol–water partition coefficient (Wildman–Crippen LogP) is 2.50. The number of ether oxygens (including phenoxy) is 5. The molecule has 188 valence electrons. The molecule has 0 saturated carbocycles. The Kier molecular flexibility index (Phi) is 8.68. The van der Waals surface area contributed by atoms with Crippen LogP contribution in [0.2, 0.25) is 0 Å². The highest BCUT2D eigenvalue weighted by atomic mass is 16.6. The zero-order valence-corrected chi connectivity index (χ0v) is 19.7. The molecule has 0 saturated heterocycles. The van der Waals surface area contributed by atoms with Gasteiger partial charge in [-0.25, -0.2) is 0 Å². The number of methoxy groups -OCH3 is 2. The molecule has 2 aromatic rings. The Labute approximate surface area is 201 Å².